The summed E-state index contributed by atoms with van der Waals surface area (Å²) in [5, 5.41) is 71.4. The molecule has 0 aliphatic carbocycles. The fourth-order valence-corrected chi connectivity index (χ4v) is 6.69. The van der Waals surface area contributed by atoms with E-state index in [1.165, 1.54) is 13.2 Å². The van der Waals surface area contributed by atoms with E-state index in [1.807, 2.05) is 18.2 Å². The van der Waals surface area contributed by atoms with E-state index in [0.29, 0.717) is 30.5 Å². The molecule has 7 rings (SSSR count). The van der Waals surface area contributed by atoms with Crippen molar-refractivity contribution in [3.8, 4) is 28.7 Å². The van der Waals surface area contributed by atoms with Crippen molar-refractivity contribution in [1.29, 1.82) is 0 Å². The number of hydrogen-bond acceptors (Lipinski definition) is 17. The smallest absolute Gasteiger partial charge is 0.231 e. The number of hydrogen-bond donors (Lipinski definition) is 7. The summed E-state index contributed by atoms with van der Waals surface area (Å²) < 4.78 is 57.2. The van der Waals surface area contributed by atoms with Gasteiger partial charge in [-0.3, -0.25) is 0 Å². The Balaban J connectivity index is 0.976. The molecule has 0 saturated carbocycles. The molecule has 17 heteroatoms. The molecule has 270 valence electrons. The molecule has 17 nitrogen and oxygen atoms in total. The zero-order valence-electron chi connectivity index (χ0n) is 26.3. The third kappa shape index (κ3) is 6.62. The van der Waals surface area contributed by atoms with Crippen LogP contribution in [0.25, 0.3) is 0 Å². The van der Waals surface area contributed by atoms with Crippen LogP contribution in [0.15, 0.2) is 36.4 Å². The SMILES string of the molecule is COc1cc(O[C@H]2OCC3C2CO[C@@H]3c2ccc3c(c2)OCO3)ccc1O[C@@H]1O[C@H](CO[C@@H]2O[C@H](CO)[C@@H](O)[C@H](O)[C@H]2O)[C@@H](O)[C@H](O)[C@H]1O. The topological polar surface area (TPSA) is 234 Å². The minimum atomic E-state index is -1.72. The van der Waals surface area contributed by atoms with Crippen molar-refractivity contribution < 1.29 is 83.1 Å². The summed E-state index contributed by atoms with van der Waals surface area (Å²) in [4.78, 5) is 0. The van der Waals surface area contributed by atoms with Crippen molar-refractivity contribution in [2.45, 2.75) is 73.8 Å². The van der Waals surface area contributed by atoms with Crippen LogP contribution >= 0.6 is 0 Å². The van der Waals surface area contributed by atoms with Crippen molar-refractivity contribution in [3.63, 3.8) is 0 Å². The zero-order valence-corrected chi connectivity index (χ0v) is 26.3. The second-order valence-electron chi connectivity index (χ2n) is 12.5. The van der Waals surface area contributed by atoms with Crippen LogP contribution in [0.2, 0.25) is 0 Å². The highest BCUT2D eigenvalue weighted by atomic mass is 16.7. The predicted octanol–water partition coefficient (Wildman–Crippen LogP) is -1.83. The van der Waals surface area contributed by atoms with Crippen molar-refractivity contribution >= 4 is 0 Å². The number of benzene rings is 2. The fraction of sp³-hybridized carbons (Fsp3) is 0.625. The Morgan fingerprint density at radius 1 is 0.673 bits per heavy atom. The van der Waals surface area contributed by atoms with Gasteiger partial charge in [0.2, 0.25) is 19.4 Å². The molecule has 2 aromatic carbocycles. The number of fused-ring (bicyclic) bond motifs is 2. The van der Waals surface area contributed by atoms with Gasteiger partial charge in [-0.1, -0.05) is 6.07 Å². The lowest BCUT2D eigenvalue weighted by Gasteiger charge is -2.42. The summed E-state index contributed by atoms with van der Waals surface area (Å²) >= 11 is 0. The van der Waals surface area contributed by atoms with Gasteiger partial charge in [-0.05, 0) is 29.8 Å². The highest BCUT2D eigenvalue weighted by Gasteiger charge is 2.50. The third-order valence-corrected chi connectivity index (χ3v) is 9.51. The van der Waals surface area contributed by atoms with Gasteiger partial charge in [0.05, 0.1) is 45.6 Å². The van der Waals surface area contributed by atoms with Crippen LogP contribution in [0.5, 0.6) is 28.7 Å². The largest absolute Gasteiger partial charge is 0.493 e. The molecule has 7 N–H and O–H groups in total. The fourth-order valence-electron chi connectivity index (χ4n) is 6.69. The van der Waals surface area contributed by atoms with E-state index < -0.39 is 80.9 Å². The molecule has 2 unspecified atom stereocenters. The summed E-state index contributed by atoms with van der Waals surface area (Å²) in [6.45, 7) is -0.115. The van der Waals surface area contributed by atoms with Crippen LogP contribution in [-0.2, 0) is 23.7 Å². The molecule has 2 aromatic rings. The van der Waals surface area contributed by atoms with Gasteiger partial charge < -0.3 is 83.1 Å². The monoisotopic (exact) mass is 696 g/mol. The number of rotatable bonds is 10. The molecule has 49 heavy (non-hydrogen) atoms. The maximum absolute atomic E-state index is 10.7. The molecule has 4 saturated heterocycles. The van der Waals surface area contributed by atoms with Gasteiger partial charge in [0.15, 0.2) is 29.3 Å². The third-order valence-electron chi connectivity index (χ3n) is 9.51. The second-order valence-corrected chi connectivity index (χ2v) is 12.5. The van der Waals surface area contributed by atoms with Gasteiger partial charge in [-0.25, -0.2) is 0 Å². The van der Waals surface area contributed by atoms with Crippen molar-refractivity contribution in [3.05, 3.63) is 42.0 Å². The quantitative estimate of drug-likeness (QED) is 0.145. The molecule has 5 heterocycles. The Kier molecular flexibility index (Phi) is 10.0. The average molecular weight is 697 g/mol. The first-order valence-electron chi connectivity index (χ1n) is 15.9. The number of ether oxygens (including phenoxy) is 10. The zero-order chi connectivity index (χ0) is 34.4. The summed E-state index contributed by atoms with van der Waals surface area (Å²) in [6.07, 6.45) is -16.3. The molecule has 0 spiro atoms. The maximum Gasteiger partial charge on any atom is 0.231 e. The molecule has 0 aromatic heterocycles. The average Bonchev–Trinajstić information content (AvgIpc) is 3.86. The van der Waals surface area contributed by atoms with E-state index in [-0.39, 0.29) is 36.2 Å². The molecule has 4 fully saturated rings. The summed E-state index contributed by atoms with van der Waals surface area (Å²) in [7, 11) is 1.41. The molecular formula is C32H40O17. The van der Waals surface area contributed by atoms with Gasteiger partial charge in [0.1, 0.15) is 54.6 Å². The Hall–Kier alpha value is -3.04. The van der Waals surface area contributed by atoms with E-state index in [2.05, 4.69) is 0 Å². The highest BCUT2D eigenvalue weighted by Crippen LogP contribution is 2.47. The minimum absolute atomic E-state index is 0.0434. The van der Waals surface area contributed by atoms with Gasteiger partial charge in [0, 0.05) is 12.0 Å². The van der Waals surface area contributed by atoms with Crippen LogP contribution in [0.1, 0.15) is 11.7 Å². The molecule has 0 amide bonds. The number of methoxy groups -OCH3 is 1. The van der Waals surface area contributed by atoms with E-state index >= 15 is 0 Å². The summed E-state index contributed by atoms with van der Waals surface area (Å²) in [6, 6.07) is 10.5. The molecule has 0 bridgehead atoms. The van der Waals surface area contributed by atoms with Crippen LogP contribution in [0.4, 0.5) is 0 Å². The van der Waals surface area contributed by atoms with Crippen molar-refractivity contribution in [2.24, 2.45) is 11.8 Å². The van der Waals surface area contributed by atoms with Gasteiger partial charge >= 0.3 is 0 Å². The highest BCUT2D eigenvalue weighted by molar-refractivity contribution is 5.46. The molecule has 14 atom stereocenters. The Morgan fingerprint density at radius 2 is 1.39 bits per heavy atom. The summed E-state index contributed by atoms with van der Waals surface area (Å²) in [5.41, 5.74) is 0.969. The second kappa shape index (κ2) is 14.3. The number of aliphatic hydroxyl groups excluding tert-OH is 7. The molecule has 5 aliphatic rings. The minimum Gasteiger partial charge on any atom is -0.493 e. The lowest BCUT2D eigenvalue weighted by molar-refractivity contribution is -0.323. The molecule has 5 aliphatic heterocycles. The lowest BCUT2D eigenvalue weighted by atomic mass is 9.89. The first-order valence-corrected chi connectivity index (χ1v) is 15.9. The maximum atomic E-state index is 10.7. The Labute approximate surface area is 279 Å². The predicted molar refractivity (Wildman–Crippen MR) is 159 cm³/mol. The Morgan fingerprint density at radius 3 is 2.16 bits per heavy atom. The van der Waals surface area contributed by atoms with Crippen LogP contribution in [0.3, 0.4) is 0 Å². The lowest BCUT2D eigenvalue weighted by Crippen LogP contribution is -2.62. The van der Waals surface area contributed by atoms with Crippen molar-refractivity contribution in [1.82, 2.24) is 0 Å². The van der Waals surface area contributed by atoms with Gasteiger partial charge in [-0.15, -0.1) is 0 Å². The molecular weight excluding hydrogens is 656 g/mol. The summed E-state index contributed by atoms with van der Waals surface area (Å²) in [5.74, 6) is 2.12. The van der Waals surface area contributed by atoms with Crippen molar-refractivity contribution in [2.75, 3.05) is 40.3 Å². The molecule has 0 radical (unpaired) electrons. The first-order chi connectivity index (χ1) is 23.7. The van der Waals surface area contributed by atoms with Gasteiger partial charge in [0.25, 0.3) is 0 Å². The van der Waals surface area contributed by atoms with Crippen LogP contribution in [0, 0.1) is 11.8 Å². The van der Waals surface area contributed by atoms with E-state index in [1.54, 1.807) is 12.1 Å². The first kappa shape index (κ1) is 34.4. The van der Waals surface area contributed by atoms with E-state index in [9.17, 15) is 35.7 Å². The normalized spacial score (nSPS) is 39.8. The number of aliphatic hydroxyl groups is 7. The van der Waals surface area contributed by atoms with E-state index in [4.69, 9.17) is 47.4 Å². The van der Waals surface area contributed by atoms with Crippen LogP contribution < -0.4 is 23.7 Å². The standard InChI is InChI=1S/C32H40O17/c1-40-19-7-14(46-30-16-10-41-29(15(16)9-42-30)13-2-4-17-20(6-13)45-12-44-17)3-5-18(19)47-32-28(39)26(37)24(35)22(49-32)11-43-31-27(38)25(36)23(34)21(8-33)48-31/h2-7,15-16,21-39H,8-12H2,1H3/t15?,16?,21-,22-,23-,24-,25+,26+,27-,28-,29-,30-,31-,32-/m1/s1. The van der Waals surface area contributed by atoms with Gasteiger partial charge in [-0.2, -0.15) is 0 Å². The van der Waals surface area contributed by atoms with Crippen LogP contribution in [-0.4, -0.2) is 144 Å². The van der Waals surface area contributed by atoms with E-state index in [0.717, 1.165) is 5.56 Å². The Bertz CT molecular complexity index is 1440.